The average molecular weight is 235 g/mol. The van der Waals surface area contributed by atoms with Crippen LogP contribution in [-0.2, 0) is 4.79 Å². The van der Waals surface area contributed by atoms with E-state index in [1.54, 1.807) is 14.0 Å². The fourth-order valence-electron chi connectivity index (χ4n) is 2.14. The molecule has 3 nitrogen and oxygen atoms in total. The van der Waals surface area contributed by atoms with Crippen LogP contribution >= 0.6 is 0 Å². The van der Waals surface area contributed by atoms with Crippen LogP contribution in [0, 0.1) is 26.7 Å². The second-order valence-electron chi connectivity index (χ2n) is 4.69. The standard InChI is InChI=1S/C14H21NO2/c1-8-6-10(3)12(7-9(8)2)13(15-5)11(4)14(16)17/h6-7,11,13,15H,1-5H3,(H,16,17). The van der Waals surface area contributed by atoms with Crippen LogP contribution < -0.4 is 5.32 Å². The van der Waals surface area contributed by atoms with Crippen LogP contribution in [0.25, 0.3) is 0 Å². The molecule has 0 aromatic heterocycles. The largest absolute Gasteiger partial charge is 0.481 e. The second-order valence-corrected chi connectivity index (χ2v) is 4.69. The van der Waals surface area contributed by atoms with Crippen LogP contribution in [0.5, 0.6) is 0 Å². The molecule has 3 heteroatoms. The minimum absolute atomic E-state index is 0.146. The number of aryl methyl sites for hydroxylation is 3. The molecule has 0 aliphatic heterocycles. The number of carboxylic acids is 1. The molecule has 0 spiro atoms. The summed E-state index contributed by atoms with van der Waals surface area (Å²) in [5.41, 5.74) is 4.65. The number of benzene rings is 1. The Balaban J connectivity index is 3.21. The number of hydrogen-bond acceptors (Lipinski definition) is 2. The number of carboxylic acid groups (broad SMARTS) is 1. The van der Waals surface area contributed by atoms with Gasteiger partial charge in [-0.15, -0.1) is 0 Å². The molecule has 0 saturated carbocycles. The Labute approximate surface area is 103 Å². The highest BCUT2D eigenvalue weighted by Crippen LogP contribution is 2.27. The van der Waals surface area contributed by atoms with Gasteiger partial charge in [0.2, 0.25) is 0 Å². The van der Waals surface area contributed by atoms with Gasteiger partial charge in [0, 0.05) is 6.04 Å². The van der Waals surface area contributed by atoms with Crippen molar-refractivity contribution in [3.63, 3.8) is 0 Å². The maximum Gasteiger partial charge on any atom is 0.308 e. The highest BCUT2D eigenvalue weighted by Gasteiger charge is 2.25. The molecule has 2 N–H and O–H groups in total. The Bertz CT molecular complexity index is 426. The predicted octanol–water partition coefficient (Wildman–Crippen LogP) is 2.59. The van der Waals surface area contributed by atoms with Gasteiger partial charge in [-0.25, -0.2) is 0 Å². The first-order valence-electron chi connectivity index (χ1n) is 5.86. The molecule has 94 valence electrons. The smallest absolute Gasteiger partial charge is 0.308 e. The highest BCUT2D eigenvalue weighted by atomic mass is 16.4. The zero-order valence-corrected chi connectivity index (χ0v) is 11.2. The van der Waals surface area contributed by atoms with Crippen molar-refractivity contribution < 1.29 is 9.90 Å². The summed E-state index contributed by atoms with van der Waals surface area (Å²) < 4.78 is 0. The van der Waals surface area contributed by atoms with Gasteiger partial charge in [0.25, 0.3) is 0 Å². The lowest BCUT2D eigenvalue weighted by Crippen LogP contribution is -2.29. The van der Waals surface area contributed by atoms with E-state index in [9.17, 15) is 4.79 Å². The average Bonchev–Trinajstić information content (AvgIpc) is 2.25. The zero-order valence-electron chi connectivity index (χ0n) is 11.2. The summed E-state index contributed by atoms with van der Waals surface area (Å²) in [7, 11) is 1.80. The van der Waals surface area contributed by atoms with Crippen molar-refractivity contribution in [1.29, 1.82) is 0 Å². The lowest BCUT2D eigenvalue weighted by Gasteiger charge is -2.23. The maximum atomic E-state index is 11.1. The van der Waals surface area contributed by atoms with Gasteiger partial charge < -0.3 is 10.4 Å². The van der Waals surface area contributed by atoms with Crippen LogP contribution in [0.1, 0.15) is 35.2 Å². The summed E-state index contributed by atoms with van der Waals surface area (Å²) in [4.78, 5) is 11.1. The summed E-state index contributed by atoms with van der Waals surface area (Å²) in [5, 5.41) is 12.2. The monoisotopic (exact) mass is 235 g/mol. The number of rotatable bonds is 4. The first-order chi connectivity index (χ1) is 7.88. The van der Waals surface area contributed by atoms with Crippen molar-refractivity contribution in [3.8, 4) is 0 Å². The molecule has 1 rings (SSSR count). The first-order valence-corrected chi connectivity index (χ1v) is 5.86. The molecule has 0 aliphatic rings. The molecular weight excluding hydrogens is 214 g/mol. The van der Waals surface area contributed by atoms with E-state index in [0.717, 1.165) is 11.1 Å². The Hall–Kier alpha value is -1.35. The van der Waals surface area contributed by atoms with E-state index in [0.29, 0.717) is 0 Å². The summed E-state index contributed by atoms with van der Waals surface area (Å²) in [6.45, 7) is 7.89. The number of nitrogens with one attached hydrogen (secondary N) is 1. The van der Waals surface area contributed by atoms with Crippen molar-refractivity contribution in [2.24, 2.45) is 5.92 Å². The van der Waals surface area contributed by atoms with Crippen LogP contribution in [0.15, 0.2) is 12.1 Å². The summed E-state index contributed by atoms with van der Waals surface area (Å²) >= 11 is 0. The van der Waals surface area contributed by atoms with E-state index in [2.05, 4.69) is 31.3 Å². The molecule has 0 bridgehead atoms. The molecule has 1 aromatic carbocycles. The quantitative estimate of drug-likeness (QED) is 0.843. The fraction of sp³-hybridized carbons (Fsp3) is 0.500. The molecular formula is C14H21NO2. The third-order valence-electron chi connectivity index (χ3n) is 3.42. The van der Waals surface area contributed by atoms with Crippen LogP contribution in [0.4, 0.5) is 0 Å². The second kappa shape index (κ2) is 5.32. The Kier molecular flexibility index (Phi) is 4.29. The van der Waals surface area contributed by atoms with Crippen molar-refractivity contribution in [3.05, 3.63) is 34.4 Å². The van der Waals surface area contributed by atoms with E-state index in [-0.39, 0.29) is 6.04 Å². The number of aliphatic carboxylic acids is 1. The third-order valence-corrected chi connectivity index (χ3v) is 3.42. The summed E-state index contributed by atoms with van der Waals surface area (Å²) in [6, 6.07) is 4.06. The fourth-order valence-corrected chi connectivity index (χ4v) is 2.14. The molecule has 0 amide bonds. The Morgan fingerprint density at radius 2 is 1.71 bits per heavy atom. The minimum atomic E-state index is -0.776. The van der Waals surface area contributed by atoms with Gasteiger partial charge in [-0.2, -0.15) is 0 Å². The van der Waals surface area contributed by atoms with E-state index >= 15 is 0 Å². The topological polar surface area (TPSA) is 49.3 Å². The molecule has 0 saturated heterocycles. The first kappa shape index (κ1) is 13.7. The van der Waals surface area contributed by atoms with Crippen LogP contribution in [0.3, 0.4) is 0 Å². The predicted molar refractivity (Wildman–Crippen MR) is 69.3 cm³/mol. The molecule has 0 aliphatic carbocycles. The van der Waals surface area contributed by atoms with Crippen molar-refractivity contribution in [1.82, 2.24) is 5.32 Å². The normalized spacial score (nSPS) is 14.4. The van der Waals surface area contributed by atoms with Gasteiger partial charge in [0.15, 0.2) is 0 Å². The molecule has 2 unspecified atom stereocenters. The van der Waals surface area contributed by atoms with Gasteiger partial charge in [-0.05, 0) is 50.1 Å². The molecule has 17 heavy (non-hydrogen) atoms. The van der Waals surface area contributed by atoms with E-state index in [1.165, 1.54) is 11.1 Å². The van der Waals surface area contributed by atoms with Gasteiger partial charge in [-0.1, -0.05) is 19.1 Å². The van der Waals surface area contributed by atoms with E-state index in [1.807, 2.05) is 6.92 Å². The number of hydrogen-bond donors (Lipinski definition) is 2. The molecule has 0 fully saturated rings. The molecule has 1 aromatic rings. The Morgan fingerprint density at radius 3 is 2.18 bits per heavy atom. The molecule has 0 heterocycles. The van der Waals surface area contributed by atoms with E-state index < -0.39 is 11.9 Å². The van der Waals surface area contributed by atoms with Crippen molar-refractivity contribution in [2.45, 2.75) is 33.7 Å². The molecule has 2 atom stereocenters. The van der Waals surface area contributed by atoms with Gasteiger partial charge in [0.1, 0.15) is 0 Å². The molecule has 0 radical (unpaired) electrons. The van der Waals surface area contributed by atoms with Gasteiger partial charge >= 0.3 is 5.97 Å². The zero-order chi connectivity index (χ0) is 13.2. The van der Waals surface area contributed by atoms with Crippen LogP contribution in [-0.4, -0.2) is 18.1 Å². The highest BCUT2D eigenvalue weighted by molar-refractivity contribution is 5.71. The summed E-state index contributed by atoms with van der Waals surface area (Å²) in [6.07, 6.45) is 0. The summed E-state index contributed by atoms with van der Waals surface area (Å²) in [5.74, 6) is -1.22. The Morgan fingerprint density at radius 1 is 1.18 bits per heavy atom. The van der Waals surface area contributed by atoms with Crippen LogP contribution in [0.2, 0.25) is 0 Å². The maximum absolute atomic E-state index is 11.1. The van der Waals surface area contributed by atoms with E-state index in [4.69, 9.17) is 5.11 Å². The lowest BCUT2D eigenvalue weighted by molar-refractivity contribution is -0.142. The lowest BCUT2D eigenvalue weighted by atomic mass is 9.89. The minimum Gasteiger partial charge on any atom is -0.481 e. The third kappa shape index (κ3) is 2.86. The van der Waals surface area contributed by atoms with Crippen molar-refractivity contribution >= 4 is 5.97 Å². The SMILES string of the molecule is CNC(c1cc(C)c(C)cc1C)C(C)C(=O)O. The van der Waals surface area contributed by atoms with Crippen molar-refractivity contribution in [2.75, 3.05) is 7.05 Å². The van der Waals surface area contributed by atoms with Gasteiger partial charge in [0.05, 0.1) is 5.92 Å². The van der Waals surface area contributed by atoms with Gasteiger partial charge in [-0.3, -0.25) is 4.79 Å². The number of carbonyl (C=O) groups is 1.